The van der Waals surface area contributed by atoms with E-state index >= 15 is 8.78 Å². The number of nitrogens with one attached hydrogen (secondary N) is 2. The number of fused-ring (bicyclic) bond motifs is 4. The highest BCUT2D eigenvalue weighted by Gasteiger charge is 2.67. The summed E-state index contributed by atoms with van der Waals surface area (Å²) in [6, 6.07) is 9.48. The zero-order chi connectivity index (χ0) is 39.8. The maximum atomic E-state index is 15.4. The van der Waals surface area contributed by atoms with Crippen molar-refractivity contribution in [3.05, 3.63) is 94.1 Å². The monoisotopic (exact) mass is 785 g/mol. The number of anilines is 1. The summed E-state index contributed by atoms with van der Waals surface area (Å²) in [7, 11) is -2.18. The number of halogens is 6. The Kier molecular flexibility index (Phi) is 9.24. The summed E-state index contributed by atoms with van der Waals surface area (Å²) in [5, 5.41) is 21.5. The predicted octanol–water partition coefficient (Wildman–Crippen LogP) is 5.85. The van der Waals surface area contributed by atoms with Crippen molar-refractivity contribution in [2.75, 3.05) is 11.0 Å². The van der Waals surface area contributed by atoms with Crippen LogP contribution in [0.4, 0.5) is 32.2 Å². The Morgan fingerprint density at radius 3 is 2.44 bits per heavy atom. The topological polar surface area (TPSA) is 144 Å². The lowest BCUT2D eigenvalue weighted by Gasteiger charge is -2.23. The third-order valence-electron chi connectivity index (χ3n) is 9.35. The first-order chi connectivity index (χ1) is 25.7. The average molecular weight is 786 g/mol. The third-order valence-corrected chi connectivity index (χ3v) is 9.91. The SMILES string of the molecule is Cn1nc(NS(C)(=O)=O)c2cccc(-c3ccc(C#CC(C)(C)O)nc3[C@H](Cc3cc(F)cc(F)c3)NC(=O)Cn3nc(C(F)F)c4c3C(F)(F)C3CC43)c21. The van der Waals surface area contributed by atoms with Gasteiger partial charge in [0.25, 0.3) is 12.3 Å². The van der Waals surface area contributed by atoms with Crippen LogP contribution in [0.2, 0.25) is 0 Å². The van der Waals surface area contributed by atoms with Crippen LogP contribution in [0.3, 0.4) is 0 Å². The molecule has 2 aromatic carbocycles. The van der Waals surface area contributed by atoms with Gasteiger partial charge in [0.05, 0.1) is 23.5 Å². The van der Waals surface area contributed by atoms with Crippen molar-refractivity contribution in [1.82, 2.24) is 29.9 Å². The lowest BCUT2D eigenvalue weighted by atomic mass is 9.93. The van der Waals surface area contributed by atoms with E-state index in [1.165, 1.54) is 24.6 Å². The van der Waals surface area contributed by atoms with Crippen LogP contribution < -0.4 is 10.0 Å². The lowest BCUT2D eigenvalue weighted by molar-refractivity contribution is -0.123. The molecule has 7 rings (SSSR count). The van der Waals surface area contributed by atoms with Crippen molar-refractivity contribution in [2.45, 2.75) is 63.1 Å². The molecule has 18 heteroatoms. The highest BCUT2D eigenvalue weighted by Crippen LogP contribution is 2.68. The van der Waals surface area contributed by atoms with Gasteiger partial charge >= 0.3 is 0 Å². The quantitative estimate of drug-likeness (QED) is 0.119. The van der Waals surface area contributed by atoms with Gasteiger partial charge in [-0.1, -0.05) is 18.1 Å². The Morgan fingerprint density at radius 2 is 1.78 bits per heavy atom. The van der Waals surface area contributed by atoms with Gasteiger partial charge in [0.2, 0.25) is 15.9 Å². The molecule has 2 aliphatic carbocycles. The van der Waals surface area contributed by atoms with Gasteiger partial charge in [-0.25, -0.2) is 31.0 Å². The Labute approximate surface area is 310 Å². The highest BCUT2D eigenvalue weighted by atomic mass is 32.2. The fraction of sp³-hybridized carbons (Fsp3) is 0.351. The number of aryl methyl sites for hydroxylation is 1. The van der Waals surface area contributed by atoms with Crippen molar-refractivity contribution in [3.8, 4) is 23.0 Å². The molecular weight excluding hydrogens is 753 g/mol. The fourth-order valence-electron chi connectivity index (χ4n) is 7.19. The van der Waals surface area contributed by atoms with Crippen LogP contribution in [0, 0.1) is 29.4 Å². The van der Waals surface area contributed by atoms with E-state index in [-0.39, 0.29) is 41.2 Å². The molecule has 3 atom stereocenters. The summed E-state index contributed by atoms with van der Waals surface area (Å²) < 4.78 is 116. The molecule has 2 unspecified atom stereocenters. The predicted molar refractivity (Wildman–Crippen MR) is 188 cm³/mol. The number of para-hydroxylation sites is 1. The minimum Gasteiger partial charge on any atom is -0.378 e. The van der Waals surface area contributed by atoms with E-state index in [0.29, 0.717) is 32.8 Å². The number of alkyl halides is 4. The van der Waals surface area contributed by atoms with E-state index < -0.39 is 81.3 Å². The number of aromatic nitrogens is 5. The molecule has 3 N–H and O–H groups in total. The molecule has 2 aliphatic rings. The molecule has 0 spiro atoms. The molecule has 3 heterocycles. The number of benzene rings is 2. The van der Waals surface area contributed by atoms with Gasteiger partial charge in [-0.3, -0.25) is 18.9 Å². The second-order valence-corrected chi connectivity index (χ2v) is 16.0. The molecule has 55 heavy (non-hydrogen) atoms. The zero-order valence-corrected chi connectivity index (χ0v) is 30.5. The van der Waals surface area contributed by atoms with Gasteiger partial charge < -0.3 is 10.4 Å². The van der Waals surface area contributed by atoms with Gasteiger partial charge in [-0.2, -0.15) is 19.0 Å². The first kappa shape index (κ1) is 37.9. The maximum Gasteiger partial charge on any atom is 0.293 e. The molecule has 1 saturated carbocycles. The molecule has 0 aliphatic heterocycles. The number of aliphatic hydroxyl groups is 1. The largest absolute Gasteiger partial charge is 0.378 e. The standard InChI is InChI=1S/C37H33F6N7O4S/c1-36(2,52)11-10-21-8-9-22(23-6-5-7-24-32(23)49(3)47-35(24)48-55(4,53)54)30(44-21)27(14-18-12-19(38)15-20(39)13-18)45-28(51)17-50-33-29(31(46-50)34(40)41)25-16-26(25)37(33,42)43/h5-9,12-13,15,25-27,34,52H,14,16-17H2,1-4H3,(H,45,51)(H,47,48)/t25?,26?,27-/m0/s1. The molecule has 5 aromatic rings. The normalized spacial score (nSPS) is 17.7. The van der Waals surface area contributed by atoms with Gasteiger partial charge in [0.1, 0.15) is 40.9 Å². The summed E-state index contributed by atoms with van der Waals surface area (Å²) >= 11 is 0. The lowest BCUT2D eigenvalue weighted by Crippen LogP contribution is -2.35. The van der Waals surface area contributed by atoms with Crippen LogP contribution in [-0.4, -0.2) is 55.8 Å². The number of pyridine rings is 1. The summed E-state index contributed by atoms with van der Waals surface area (Å²) in [4.78, 5) is 18.6. The minimum absolute atomic E-state index is 0.0217. The third kappa shape index (κ3) is 7.50. The molecule has 0 bridgehead atoms. The number of carbonyl (C=O) groups is 1. The number of carbonyl (C=O) groups excluding carboxylic acids is 1. The van der Waals surface area contributed by atoms with Gasteiger partial charge in [0, 0.05) is 41.1 Å². The summed E-state index contributed by atoms with van der Waals surface area (Å²) in [6.07, 6.45) is -2.48. The van der Waals surface area contributed by atoms with Gasteiger partial charge in [-0.15, -0.1) is 0 Å². The number of amides is 1. The van der Waals surface area contributed by atoms with Crippen molar-refractivity contribution in [2.24, 2.45) is 13.0 Å². The number of sulfonamides is 1. The summed E-state index contributed by atoms with van der Waals surface area (Å²) in [5.41, 5.74) is -1.85. The molecule has 1 amide bonds. The van der Waals surface area contributed by atoms with Crippen LogP contribution in [-0.2, 0) is 40.8 Å². The van der Waals surface area contributed by atoms with Crippen LogP contribution in [0.1, 0.15) is 72.6 Å². The molecule has 1 fully saturated rings. The van der Waals surface area contributed by atoms with Crippen molar-refractivity contribution < 1.29 is 44.7 Å². The first-order valence-electron chi connectivity index (χ1n) is 16.9. The van der Waals surface area contributed by atoms with Crippen LogP contribution >= 0.6 is 0 Å². The molecule has 11 nitrogen and oxygen atoms in total. The van der Waals surface area contributed by atoms with E-state index in [9.17, 15) is 35.9 Å². The van der Waals surface area contributed by atoms with E-state index in [0.717, 1.165) is 18.4 Å². The first-order valence-corrected chi connectivity index (χ1v) is 18.8. The molecule has 0 radical (unpaired) electrons. The molecule has 288 valence electrons. The summed E-state index contributed by atoms with van der Waals surface area (Å²) in [6.45, 7) is 1.99. The number of rotatable bonds is 10. The van der Waals surface area contributed by atoms with Crippen LogP contribution in [0.25, 0.3) is 22.0 Å². The van der Waals surface area contributed by atoms with Crippen molar-refractivity contribution >= 4 is 32.7 Å². The number of nitrogens with zero attached hydrogens (tertiary/aromatic N) is 5. The Bertz CT molecular complexity index is 2530. The smallest absolute Gasteiger partial charge is 0.293 e. The van der Waals surface area contributed by atoms with E-state index in [1.54, 1.807) is 31.3 Å². The van der Waals surface area contributed by atoms with E-state index in [4.69, 9.17) is 4.98 Å². The molecular formula is C37H33F6N7O4S. The van der Waals surface area contributed by atoms with E-state index in [1.807, 2.05) is 0 Å². The summed E-state index contributed by atoms with van der Waals surface area (Å²) in [5.74, 6) is -2.80. The van der Waals surface area contributed by atoms with Crippen LogP contribution in [0.15, 0.2) is 48.5 Å². The second-order valence-electron chi connectivity index (χ2n) is 14.3. The Hall–Kier alpha value is -5.41. The number of hydrogen-bond acceptors (Lipinski definition) is 7. The maximum absolute atomic E-state index is 15.4. The van der Waals surface area contributed by atoms with Gasteiger partial charge in [0.15, 0.2) is 5.82 Å². The van der Waals surface area contributed by atoms with E-state index in [2.05, 4.69) is 32.1 Å². The molecule has 3 aromatic heterocycles. The minimum atomic E-state index is -3.75. The zero-order valence-electron chi connectivity index (χ0n) is 29.6. The Morgan fingerprint density at radius 1 is 1.07 bits per heavy atom. The molecule has 0 saturated heterocycles. The fourth-order valence-corrected chi connectivity index (χ4v) is 7.70. The van der Waals surface area contributed by atoms with Crippen LogP contribution in [0.5, 0.6) is 0 Å². The second kappa shape index (κ2) is 13.4. The Balaban J connectivity index is 1.37. The van der Waals surface area contributed by atoms with Crippen molar-refractivity contribution in [1.29, 1.82) is 0 Å². The average Bonchev–Trinajstić information content (AvgIpc) is 3.62. The van der Waals surface area contributed by atoms with Gasteiger partial charge in [-0.05, 0) is 74.4 Å². The van der Waals surface area contributed by atoms with Crippen molar-refractivity contribution in [3.63, 3.8) is 0 Å². The highest BCUT2D eigenvalue weighted by molar-refractivity contribution is 7.92. The number of hydrogen-bond donors (Lipinski definition) is 3.